The van der Waals surface area contributed by atoms with Crippen molar-refractivity contribution < 1.29 is 13.5 Å². The van der Waals surface area contributed by atoms with Crippen LogP contribution in [0.15, 0.2) is 23.1 Å². The van der Waals surface area contributed by atoms with E-state index < -0.39 is 15.6 Å². The van der Waals surface area contributed by atoms with Crippen molar-refractivity contribution in [3.05, 3.63) is 29.3 Å². The summed E-state index contributed by atoms with van der Waals surface area (Å²) in [5.74, 6) is 0. The highest BCUT2D eigenvalue weighted by molar-refractivity contribution is 7.89. The van der Waals surface area contributed by atoms with Gasteiger partial charge in [0.15, 0.2) is 0 Å². The highest BCUT2D eigenvalue weighted by atomic mass is 32.2. The van der Waals surface area contributed by atoms with E-state index in [1.807, 2.05) is 12.1 Å². The largest absolute Gasteiger partial charge is 0.394 e. The van der Waals surface area contributed by atoms with E-state index in [0.29, 0.717) is 17.7 Å². The molecule has 0 amide bonds. The van der Waals surface area contributed by atoms with Gasteiger partial charge in [-0.2, -0.15) is 0 Å². The van der Waals surface area contributed by atoms with Crippen molar-refractivity contribution in [3.63, 3.8) is 0 Å². The summed E-state index contributed by atoms with van der Waals surface area (Å²) in [6.07, 6.45) is 7.69. The molecule has 5 heteroatoms. The van der Waals surface area contributed by atoms with Crippen molar-refractivity contribution >= 4 is 10.0 Å². The Morgan fingerprint density at radius 1 is 1.05 bits per heavy atom. The summed E-state index contributed by atoms with van der Waals surface area (Å²) in [5.41, 5.74) is 1.78. The monoisotopic (exact) mass is 309 g/mol. The Morgan fingerprint density at radius 3 is 2.38 bits per heavy atom. The molecule has 1 aromatic carbocycles. The molecule has 0 unspecified atom stereocenters. The third-order valence-electron chi connectivity index (χ3n) is 4.84. The van der Waals surface area contributed by atoms with Crippen LogP contribution in [0.4, 0.5) is 0 Å². The highest BCUT2D eigenvalue weighted by Crippen LogP contribution is 2.31. The molecule has 0 spiro atoms. The standard InChI is InChI=1S/C16H23NO3S/c18-12-16(9-3-4-10-16)17-21(19,20)15-8-7-13-5-1-2-6-14(13)11-15/h7-8,11,17-18H,1-6,9-10,12H2. The zero-order valence-electron chi connectivity index (χ0n) is 12.3. The van der Waals surface area contributed by atoms with Gasteiger partial charge in [-0.15, -0.1) is 0 Å². The molecule has 0 aliphatic heterocycles. The average Bonchev–Trinajstić information content (AvgIpc) is 2.95. The molecule has 0 heterocycles. The van der Waals surface area contributed by atoms with Crippen molar-refractivity contribution in [2.24, 2.45) is 0 Å². The highest BCUT2D eigenvalue weighted by Gasteiger charge is 2.37. The Bertz CT molecular complexity index is 618. The minimum Gasteiger partial charge on any atom is -0.394 e. The quantitative estimate of drug-likeness (QED) is 0.895. The number of benzene rings is 1. The predicted octanol–water partition coefficient (Wildman–Crippen LogP) is 2.15. The van der Waals surface area contributed by atoms with Crippen LogP contribution in [0.2, 0.25) is 0 Å². The van der Waals surface area contributed by atoms with Gasteiger partial charge in [0.25, 0.3) is 0 Å². The molecular weight excluding hydrogens is 286 g/mol. The second-order valence-corrected chi connectivity index (χ2v) is 8.07. The number of sulfonamides is 1. The van der Waals surface area contributed by atoms with Gasteiger partial charge in [0.1, 0.15) is 0 Å². The maximum absolute atomic E-state index is 12.6. The van der Waals surface area contributed by atoms with Crippen LogP contribution in [0.3, 0.4) is 0 Å². The zero-order chi connectivity index (χ0) is 14.9. The van der Waals surface area contributed by atoms with E-state index >= 15 is 0 Å². The normalized spacial score (nSPS) is 21.2. The van der Waals surface area contributed by atoms with Crippen molar-refractivity contribution in [1.29, 1.82) is 0 Å². The number of rotatable bonds is 4. The Labute approximate surface area is 126 Å². The van der Waals surface area contributed by atoms with Gasteiger partial charge in [0.05, 0.1) is 17.0 Å². The fraction of sp³-hybridized carbons (Fsp3) is 0.625. The molecule has 3 rings (SSSR count). The Morgan fingerprint density at radius 2 is 1.71 bits per heavy atom. The summed E-state index contributed by atoms with van der Waals surface area (Å²) in [4.78, 5) is 0.336. The topological polar surface area (TPSA) is 66.4 Å². The number of fused-ring (bicyclic) bond motifs is 1. The Balaban J connectivity index is 1.88. The zero-order valence-corrected chi connectivity index (χ0v) is 13.1. The van der Waals surface area contributed by atoms with Crippen LogP contribution in [0.1, 0.15) is 49.7 Å². The summed E-state index contributed by atoms with van der Waals surface area (Å²) < 4.78 is 28.0. The molecule has 1 fully saturated rings. The molecule has 21 heavy (non-hydrogen) atoms. The maximum Gasteiger partial charge on any atom is 0.241 e. The van der Waals surface area contributed by atoms with E-state index in [1.54, 1.807) is 6.07 Å². The molecule has 0 aromatic heterocycles. The molecule has 1 saturated carbocycles. The first kappa shape index (κ1) is 15.0. The van der Waals surface area contributed by atoms with Crippen molar-refractivity contribution in [3.8, 4) is 0 Å². The predicted molar refractivity (Wildman–Crippen MR) is 81.7 cm³/mol. The first-order chi connectivity index (χ1) is 10.0. The second-order valence-electron chi connectivity index (χ2n) is 6.39. The Hall–Kier alpha value is -0.910. The van der Waals surface area contributed by atoms with Gasteiger partial charge in [0.2, 0.25) is 10.0 Å². The second kappa shape index (κ2) is 5.71. The lowest BCUT2D eigenvalue weighted by molar-refractivity contribution is 0.185. The molecule has 1 aromatic rings. The molecule has 0 bridgehead atoms. The smallest absolute Gasteiger partial charge is 0.241 e. The van der Waals surface area contributed by atoms with Gasteiger partial charge in [0, 0.05) is 0 Å². The fourth-order valence-electron chi connectivity index (χ4n) is 3.57. The van der Waals surface area contributed by atoms with Crippen LogP contribution in [-0.2, 0) is 22.9 Å². The molecule has 0 saturated heterocycles. The molecule has 2 aliphatic rings. The van der Waals surface area contributed by atoms with Gasteiger partial charge in [-0.1, -0.05) is 18.9 Å². The van der Waals surface area contributed by atoms with Crippen LogP contribution < -0.4 is 4.72 Å². The summed E-state index contributed by atoms with van der Waals surface area (Å²) in [6, 6.07) is 5.46. The maximum atomic E-state index is 12.6. The van der Waals surface area contributed by atoms with Crippen molar-refractivity contribution in [2.75, 3.05) is 6.61 Å². The van der Waals surface area contributed by atoms with E-state index in [2.05, 4.69) is 4.72 Å². The summed E-state index contributed by atoms with van der Waals surface area (Å²) >= 11 is 0. The minimum absolute atomic E-state index is 0.128. The lowest BCUT2D eigenvalue weighted by Crippen LogP contribution is -2.49. The van der Waals surface area contributed by atoms with Gasteiger partial charge in [-0.3, -0.25) is 0 Å². The number of nitrogens with one attached hydrogen (secondary N) is 1. The van der Waals surface area contributed by atoms with Crippen molar-refractivity contribution in [1.82, 2.24) is 4.72 Å². The van der Waals surface area contributed by atoms with Crippen molar-refractivity contribution in [2.45, 2.75) is 61.8 Å². The lowest BCUT2D eigenvalue weighted by atomic mass is 9.92. The molecular formula is C16H23NO3S. The van der Waals surface area contributed by atoms with Gasteiger partial charge in [-0.25, -0.2) is 13.1 Å². The molecule has 0 radical (unpaired) electrons. The van der Waals surface area contributed by atoms with Crippen LogP contribution in [0, 0.1) is 0 Å². The molecule has 2 N–H and O–H groups in total. The molecule has 116 valence electrons. The Kier molecular flexibility index (Phi) is 4.08. The minimum atomic E-state index is -3.56. The molecule has 0 atom stereocenters. The van der Waals surface area contributed by atoms with E-state index in [-0.39, 0.29) is 6.61 Å². The number of hydrogen-bond donors (Lipinski definition) is 2. The van der Waals surface area contributed by atoms with Gasteiger partial charge in [-0.05, 0) is 61.8 Å². The third-order valence-corrected chi connectivity index (χ3v) is 6.42. The van der Waals surface area contributed by atoms with Gasteiger partial charge >= 0.3 is 0 Å². The summed E-state index contributed by atoms with van der Waals surface area (Å²) in [6.45, 7) is -0.128. The number of hydrogen-bond acceptors (Lipinski definition) is 3. The van der Waals surface area contributed by atoms with Crippen LogP contribution in [0.5, 0.6) is 0 Å². The SMILES string of the molecule is O=S(=O)(NC1(CO)CCCC1)c1ccc2c(c1)CCCC2. The fourth-order valence-corrected chi connectivity index (χ4v) is 5.07. The first-order valence-electron chi connectivity index (χ1n) is 7.81. The van der Waals surface area contributed by atoms with E-state index in [4.69, 9.17) is 0 Å². The summed E-state index contributed by atoms with van der Waals surface area (Å²) in [7, 11) is -3.56. The average molecular weight is 309 g/mol. The van der Waals surface area contributed by atoms with E-state index in [1.165, 1.54) is 12.0 Å². The van der Waals surface area contributed by atoms with Crippen LogP contribution >= 0.6 is 0 Å². The third kappa shape index (κ3) is 3.00. The number of aliphatic hydroxyl groups excluding tert-OH is 1. The molecule has 4 nitrogen and oxygen atoms in total. The lowest BCUT2D eigenvalue weighted by Gasteiger charge is -2.28. The van der Waals surface area contributed by atoms with E-state index in [0.717, 1.165) is 37.7 Å². The molecule has 2 aliphatic carbocycles. The van der Waals surface area contributed by atoms with Crippen LogP contribution in [-0.4, -0.2) is 25.7 Å². The van der Waals surface area contributed by atoms with Gasteiger partial charge < -0.3 is 5.11 Å². The van der Waals surface area contributed by atoms with Crippen LogP contribution in [0.25, 0.3) is 0 Å². The number of aliphatic hydroxyl groups is 1. The van der Waals surface area contributed by atoms with E-state index in [9.17, 15) is 13.5 Å². The number of aryl methyl sites for hydroxylation is 2. The summed E-state index contributed by atoms with van der Waals surface area (Å²) in [5, 5.41) is 9.59. The first-order valence-corrected chi connectivity index (χ1v) is 9.30.